The van der Waals surface area contributed by atoms with E-state index in [9.17, 15) is 13.2 Å². The van der Waals surface area contributed by atoms with Crippen LogP contribution in [0.5, 0.6) is 0 Å². The molecule has 1 amide bonds. The summed E-state index contributed by atoms with van der Waals surface area (Å²) in [4.78, 5) is 17.1. The molecule has 0 bridgehead atoms. The number of aromatic nitrogens is 2. The van der Waals surface area contributed by atoms with Crippen LogP contribution in [0.4, 0.5) is 0 Å². The number of morpholine rings is 1. The fourth-order valence-corrected chi connectivity index (χ4v) is 4.53. The van der Waals surface area contributed by atoms with E-state index in [4.69, 9.17) is 4.74 Å². The molecule has 1 saturated heterocycles. The van der Waals surface area contributed by atoms with E-state index in [1.165, 1.54) is 16.4 Å². The van der Waals surface area contributed by atoms with E-state index in [0.717, 1.165) is 11.3 Å². The topological polar surface area (TPSA) is 93.0 Å². The summed E-state index contributed by atoms with van der Waals surface area (Å²) in [6.07, 6.45) is 3.72. The zero-order chi connectivity index (χ0) is 19.6. The smallest absolute Gasteiger partial charge is 0.251 e. The largest absolute Gasteiger partial charge is 0.379 e. The lowest BCUT2D eigenvalue weighted by molar-refractivity contribution is 0.0730. The van der Waals surface area contributed by atoms with Crippen molar-refractivity contribution < 1.29 is 17.9 Å². The van der Waals surface area contributed by atoms with Crippen molar-refractivity contribution in [3.8, 4) is 0 Å². The molecule has 146 valence electrons. The van der Waals surface area contributed by atoms with Crippen molar-refractivity contribution >= 4 is 21.6 Å². The number of pyridine rings is 1. The molecule has 4 rings (SSSR count). The van der Waals surface area contributed by atoms with Crippen molar-refractivity contribution in [3.63, 3.8) is 0 Å². The summed E-state index contributed by atoms with van der Waals surface area (Å²) >= 11 is 0. The fraction of sp³-hybridized carbons (Fsp3) is 0.263. The number of nitrogens with zero attached hydrogens (tertiary/aromatic N) is 3. The number of carbonyl (C=O) groups excluding carboxylic acids is 1. The Bertz CT molecular complexity index is 1070. The average Bonchev–Trinajstić information content (AvgIpc) is 3.16. The van der Waals surface area contributed by atoms with Crippen LogP contribution in [-0.2, 0) is 21.3 Å². The minimum absolute atomic E-state index is 0.106. The highest BCUT2D eigenvalue weighted by Crippen LogP contribution is 2.18. The van der Waals surface area contributed by atoms with Crippen molar-refractivity contribution in [2.75, 3.05) is 26.3 Å². The fourth-order valence-electron chi connectivity index (χ4n) is 3.08. The van der Waals surface area contributed by atoms with Gasteiger partial charge in [-0.15, -0.1) is 0 Å². The third kappa shape index (κ3) is 3.77. The Balaban J connectivity index is 1.48. The average molecular weight is 400 g/mol. The molecule has 1 fully saturated rings. The summed E-state index contributed by atoms with van der Waals surface area (Å²) in [7, 11) is -3.64. The SMILES string of the molecule is O=C(NCc1cn2ccccc2n1)c1cccc(S(=O)(=O)N2CCOCC2)c1. The summed E-state index contributed by atoms with van der Waals surface area (Å²) < 4.78 is 34.0. The van der Waals surface area contributed by atoms with Gasteiger partial charge in [-0.05, 0) is 30.3 Å². The summed E-state index contributed by atoms with van der Waals surface area (Å²) in [5.41, 5.74) is 1.81. The van der Waals surface area contributed by atoms with Crippen molar-refractivity contribution in [2.45, 2.75) is 11.4 Å². The minimum Gasteiger partial charge on any atom is -0.379 e. The lowest BCUT2D eigenvalue weighted by Gasteiger charge is -2.26. The second-order valence-corrected chi connectivity index (χ2v) is 8.36. The Morgan fingerprint density at radius 1 is 1.14 bits per heavy atom. The molecular weight excluding hydrogens is 380 g/mol. The van der Waals surface area contributed by atoms with E-state index in [0.29, 0.717) is 26.3 Å². The second kappa shape index (κ2) is 7.70. The van der Waals surface area contributed by atoms with Crippen LogP contribution in [0.1, 0.15) is 16.1 Å². The van der Waals surface area contributed by atoms with Gasteiger partial charge in [-0.25, -0.2) is 13.4 Å². The Hall–Kier alpha value is -2.75. The number of imidazole rings is 1. The molecule has 1 aromatic carbocycles. The Labute approximate surface area is 162 Å². The highest BCUT2D eigenvalue weighted by atomic mass is 32.2. The molecule has 3 heterocycles. The molecule has 2 aromatic heterocycles. The van der Waals surface area contributed by atoms with E-state index in [1.807, 2.05) is 35.0 Å². The summed E-state index contributed by atoms with van der Waals surface area (Å²) in [6, 6.07) is 11.8. The minimum atomic E-state index is -3.64. The van der Waals surface area contributed by atoms with Crippen molar-refractivity contribution in [3.05, 3.63) is 66.1 Å². The highest BCUT2D eigenvalue weighted by Gasteiger charge is 2.26. The van der Waals surface area contributed by atoms with Crippen LogP contribution in [0.2, 0.25) is 0 Å². The van der Waals surface area contributed by atoms with E-state index in [-0.39, 0.29) is 22.9 Å². The van der Waals surface area contributed by atoms with E-state index in [2.05, 4.69) is 10.3 Å². The van der Waals surface area contributed by atoms with Crippen LogP contribution >= 0.6 is 0 Å². The second-order valence-electron chi connectivity index (χ2n) is 6.43. The molecule has 28 heavy (non-hydrogen) atoms. The van der Waals surface area contributed by atoms with Gasteiger partial charge in [0, 0.05) is 31.0 Å². The first-order chi connectivity index (χ1) is 13.5. The number of benzene rings is 1. The monoisotopic (exact) mass is 400 g/mol. The number of carbonyl (C=O) groups is 1. The van der Waals surface area contributed by atoms with Gasteiger partial charge in [0.15, 0.2) is 0 Å². The Morgan fingerprint density at radius 2 is 1.96 bits per heavy atom. The summed E-state index contributed by atoms with van der Waals surface area (Å²) in [5, 5.41) is 2.79. The predicted octanol–water partition coefficient (Wildman–Crippen LogP) is 1.29. The van der Waals surface area contributed by atoms with Crippen LogP contribution < -0.4 is 5.32 Å². The van der Waals surface area contributed by atoms with Gasteiger partial charge in [-0.3, -0.25) is 4.79 Å². The number of fused-ring (bicyclic) bond motifs is 1. The summed E-state index contributed by atoms with van der Waals surface area (Å²) in [5.74, 6) is -0.351. The zero-order valence-electron chi connectivity index (χ0n) is 15.1. The standard InChI is InChI=1S/C19H20N4O4S/c24-19(20-13-16-14-22-7-2-1-6-18(22)21-16)15-4-3-5-17(12-15)28(25,26)23-8-10-27-11-9-23/h1-7,12,14H,8-11,13H2,(H,20,24). The van der Waals surface area contributed by atoms with Gasteiger partial charge in [0.05, 0.1) is 30.3 Å². The zero-order valence-corrected chi connectivity index (χ0v) is 15.9. The van der Waals surface area contributed by atoms with E-state index in [1.54, 1.807) is 12.1 Å². The number of amides is 1. The first-order valence-electron chi connectivity index (χ1n) is 8.93. The van der Waals surface area contributed by atoms with Gasteiger partial charge in [0.2, 0.25) is 10.0 Å². The van der Waals surface area contributed by atoms with Gasteiger partial charge in [-0.2, -0.15) is 4.31 Å². The quantitative estimate of drug-likeness (QED) is 0.697. The third-order valence-electron chi connectivity index (χ3n) is 4.55. The number of nitrogens with one attached hydrogen (secondary N) is 1. The van der Waals surface area contributed by atoms with Crippen LogP contribution in [0, 0.1) is 0 Å². The maximum Gasteiger partial charge on any atom is 0.251 e. The first kappa shape index (κ1) is 18.6. The molecule has 0 saturated carbocycles. The van der Waals surface area contributed by atoms with Crippen LogP contribution in [-0.4, -0.2) is 54.3 Å². The molecule has 1 aliphatic rings. The number of hydrogen-bond acceptors (Lipinski definition) is 5. The van der Waals surface area contributed by atoms with Crippen LogP contribution in [0.25, 0.3) is 5.65 Å². The predicted molar refractivity (Wildman–Crippen MR) is 102 cm³/mol. The van der Waals surface area contributed by atoms with Gasteiger partial charge in [0.1, 0.15) is 5.65 Å². The van der Waals surface area contributed by atoms with Crippen LogP contribution in [0.15, 0.2) is 59.8 Å². The molecular formula is C19H20N4O4S. The van der Waals surface area contributed by atoms with Crippen molar-refractivity contribution in [2.24, 2.45) is 0 Å². The van der Waals surface area contributed by atoms with Crippen molar-refractivity contribution in [1.82, 2.24) is 19.0 Å². The van der Waals surface area contributed by atoms with E-state index < -0.39 is 10.0 Å². The molecule has 8 nitrogen and oxygen atoms in total. The van der Waals surface area contributed by atoms with E-state index >= 15 is 0 Å². The molecule has 0 spiro atoms. The van der Waals surface area contributed by atoms with Gasteiger partial charge >= 0.3 is 0 Å². The number of rotatable bonds is 5. The number of sulfonamides is 1. The Morgan fingerprint density at radius 3 is 2.75 bits per heavy atom. The van der Waals surface area contributed by atoms with Gasteiger partial charge in [0.25, 0.3) is 5.91 Å². The third-order valence-corrected chi connectivity index (χ3v) is 6.44. The maximum absolute atomic E-state index is 12.8. The molecule has 0 atom stereocenters. The summed E-state index contributed by atoms with van der Waals surface area (Å²) in [6.45, 7) is 1.62. The molecule has 0 aliphatic carbocycles. The number of hydrogen-bond donors (Lipinski definition) is 1. The van der Waals surface area contributed by atoms with Gasteiger partial charge in [-0.1, -0.05) is 12.1 Å². The highest BCUT2D eigenvalue weighted by molar-refractivity contribution is 7.89. The van der Waals surface area contributed by atoms with Crippen LogP contribution in [0.3, 0.4) is 0 Å². The van der Waals surface area contributed by atoms with Gasteiger partial charge < -0.3 is 14.5 Å². The maximum atomic E-state index is 12.8. The lowest BCUT2D eigenvalue weighted by atomic mass is 10.2. The molecule has 9 heteroatoms. The van der Waals surface area contributed by atoms with Crippen molar-refractivity contribution in [1.29, 1.82) is 0 Å². The normalized spacial score (nSPS) is 15.6. The molecule has 0 unspecified atom stereocenters. The molecule has 0 radical (unpaired) electrons. The molecule has 1 N–H and O–H groups in total. The lowest BCUT2D eigenvalue weighted by Crippen LogP contribution is -2.40. The Kier molecular flexibility index (Phi) is 5.12. The molecule has 3 aromatic rings. The number of ether oxygens (including phenoxy) is 1. The molecule has 1 aliphatic heterocycles. The first-order valence-corrected chi connectivity index (χ1v) is 10.4.